The lowest BCUT2D eigenvalue weighted by Crippen LogP contribution is -2.47. The van der Waals surface area contributed by atoms with Gasteiger partial charge >= 0.3 is 5.97 Å². The molecule has 0 bridgehead atoms. The number of pyridine rings is 1. The number of nitrogens with zero attached hydrogens (tertiary/aromatic N) is 5. The summed E-state index contributed by atoms with van der Waals surface area (Å²) in [5.74, 6) is -0.337. The number of methoxy groups -OCH3 is 1. The van der Waals surface area contributed by atoms with E-state index in [1.54, 1.807) is 19.4 Å². The quantitative estimate of drug-likeness (QED) is 0.831. The number of anilines is 1. The van der Waals surface area contributed by atoms with Crippen molar-refractivity contribution < 1.29 is 14.6 Å². The number of aromatic nitrogens is 3. The molecule has 1 aliphatic rings. The average molecular weight is 343 g/mol. The zero-order valence-corrected chi connectivity index (χ0v) is 14.1. The normalized spacial score (nSPS) is 15.3. The first-order valence-electron chi connectivity index (χ1n) is 8.16. The van der Waals surface area contributed by atoms with E-state index in [9.17, 15) is 4.79 Å². The van der Waals surface area contributed by atoms with E-state index in [2.05, 4.69) is 24.8 Å². The number of carbonyl (C=O) groups is 1. The molecular weight excluding hydrogens is 322 g/mol. The molecule has 0 amide bonds. The smallest absolute Gasteiger partial charge is 0.335 e. The maximum atomic E-state index is 11.1. The Balaban J connectivity index is 1.72. The predicted octanol–water partition coefficient (Wildman–Crippen LogP) is 1.01. The third kappa shape index (κ3) is 4.28. The summed E-state index contributed by atoms with van der Waals surface area (Å²) in [5.41, 5.74) is 1.34. The summed E-state index contributed by atoms with van der Waals surface area (Å²) in [6, 6.07) is 4.73. The van der Waals surface area contributed by atoms with Gasteiger partial charge in [-0.3, -0.25) is 9.88 Å². The number of ether oxygens (including phenoxy) is 1. The minimum absolute atomic E-state index is 0.192. The molecule has 0 atom stereocenters. The molecule has 0 saturated carbocycles. The zero-order chi connectivity index (χ0) is 17.6. The Hall–Kier alpha value is -2.58. The van der Waals surface area contributed by atoms with Crippen LogP contribution < -0.4 is 4.90 Å². The molecule has 1 saturated heterocycles. The van der Waals surface area contributed by atoms with Crippen LogP contribution in [0, 0.1) is 0 Å². The summed E-state index contributed by atoms with van der Waals surface area (Å²) in [6.45, 7) is 5.22. The summed E-state index contributed by atoms with van der Waals surface area (Å²) in [7, 11) is 1.71. The van der Waals surface area contributed by atoms with Crippen molar-refractivity contribution in [2.75, 3.05) is 51.3 Å². The molecule has 1 N–H and O–H groups in total. The number of carboxylic acids is 1. The Labute approximate surface area is 146 Å². The molecule has 3 heterocycles. The maximum absolute atomic E-state index is 11.1. The topological polar surface area (TPSA) is 91.7 Å². The second-order valence-electron chi connectivity index (χ2n) is 5.80. The highest BCUT2D eigenvalue weighted by Crippen LogP contribution is 2.19. The van der Waals surface area contributed by atoms with Crippen molar-refractivity contribution in [3.05, 3.63) is 36.2 Å². The van der Waals surface area contributed by atoms with E-state index in [4.69, 9.17) is 9.84 Å². The standard InChI is InChI=1S/C17H21N5O3/c1-25-11-10-21-6-8-22(9-7-21)17-19-5-3-14(20-17)15-12-13(16(23)24)2-4-18-15/h2-5,12H,6-11H2,1H3,(H,23,24). The zero-order valence-electron chi connectivity index (χ0n) is 14.1. The number of piperazine rings is 1. The van der Waals surface area contributed by atoms with Gasteiger partial charge in [0.15, 0.2) is 0 Å². The van der Waals surface area contributed by atoms with Crippen molar-refractivity contribution in [2.45, 2.75) is 0 Å². The van der Waals surface area contributed by atoms with Crippen LogP contribution in [0.3, 0.4) is 0 Å². The second-order valence-corrected chi connectivity index (χ2v) is 5.80. The van der Waals surface area contributed by atoms with Gasteiger partial charge in [-0.25, -0.2) is 14.8 Å². The van der Waals surface area contributed by atoms with Crippen molar-refractivity contribution in [2.24, 2.45) is 0 Å². The Morgan fingerprint density at radius 1 is 1.16 bits per heavy atom. The lowest BCUT2D eigenvalue weighted by Gasteiger charge is -2.34. The van der Waals surface area contributed by atoms with Gasteiger partial charge in [0.05, 0.1) is 23.6 Å². The van der Waals surface area contributed by atoms with Crippen LogP contribution in [-0.4, -0.2) is 77.4 Å². The largest absolute Gasteiger partial charge is 0.478 e. The van der Waals surface area contributed by atoms with Crippen LogP contribution in [0.2, 0.25) is 0 Å². The minimum atomic E-state index is -0.981. The van der Waals surface area contributed by atoms with E-state index in [1.165, 1.54) is 18.3 Å². The SMILES string of the molecule is COCCN1CCN(c2nccc(-c3cc(C(=O)O)ccn3)n2)CC1. The number of rotatable bonds is 6. The Morgan fingerprint density at radius 2 is 1.92 bits per heavy atom. The molecule has 1 aliphatic heterocycles. The van der Waals surface area contributed by atoms with E-state index < -0.39 is 5.97 Å². The Morgan fingerprint density at radius 3 is 2.64 bits per heavy atom. The molecule has 0 radical (unpaired) electrons. The lowest BCUT2D eigenvalue weighted by atomic mass is 10.2. The van der Waals surface area contributed by atoms with Crippen molar-refractivity contribution in [3.8, 4) is 11.4 Å². The molecule has 132 valence electrons. The molecule has 0 unspecified atom stereocenters. The van der Waals surface area contributed by atoms with Gasteiger partial charge in [0.2, 0.25) is 5.95 Å². The average Bonchev–Trinajstić information content (AvgIpc) is 2.67. The van der Waals surface area contributed by atoms with E-state index in [1.807, 2.05) is 0 Å². The third-order valence-electron chi connectivity index (χ3n) is 4.18. The first kappa shape index (κ1) is 17.2. The van der Waals surface area contributed by atoms with Crippen LogP contribution in [0.5, 0.6) is 0 Å². The Kier molecular flexibility index (Phi) is 5.52. The molecule has 2 aromatic heterocycles. The molecule has 25 heavy (non-hydrogen) atoms. The van der Waals surface area contributed by atoms with Crippen LogP contribution >= 0.6 is 0 Å². The maximum Gasteiger partial charge on any atom is 0.335 e. The molecule has 3 rings (SSSR count). The van der Waals surface area contributed by atoms with E-state index in [0.29, 0.717) is 17.3 Å². The van der Waals surface area contributed by atoms with Crippen LogP contribution in [0.1, 0.15) is 10.4 Å². The van der Waals surface area contributed by atoms with Gasteiger partial charge in [-0.05, 0) is 18.2 Å². The number of hydrogen-bond acceptors (Lipinski definition) is 7. The monoisotopic (exact) mass is 343 g/mol. The summed E-state index contributed by atoms with van der Waals surface area (Å²) in [4.78, 5) is 28.8. The van der Waals surface area contributed by atoms with Gasteiger partial charge in [0, 0.05) is 52.2 Å². The van der Waals surface area contributed by atoms with Crippen LogP contribution in [0.4, 0.5) is 5.95 Å². The molecule has 8 nitrogen and oxygen atoms in total. The highest BCUT2D eigenvalue weighted by Gasteiger charge is 2.19. The van der Waals surface area contributed by atoms with Gasteiger partial charge in [0.25, 0.3) is 0 Å². The van der Waals surface area contributed by atoms with Gasteiger partial charge < -0.3 is 14.7 Å². The summed E-state index contributed by atoms with van der Waals surface area (Å²) in [5, 5.41) is 9.12. The van der Waals surface area contributed by atoms with Gasteiger partial charge in [-0.2, -0.15) is 0 Å². The highest BCUT2D eigenvalue weighted by molar-refractivity contribution is 5.88. The van der Waals surface area contributed by atoms with E-state index in [0.717, 1.165) is 39.3 Å². The Bertz CT molecular complexity index is 732. The fourth-order valence-corrected chi connectivity index (χ4v) is 2.74. The fraction of sp³-hybridized carbons (Fsp3) is 0.412. The third-order valence-corrected chi connectivity index (χ3v) is 4.18. The van der Waals surface area contributed by atoms with E-state index >= 15 is 0 Å². The van der Waals surface area contributed by atoms with Crippen molar-refractivity contribution >= 4 is 11.9 Å². The van der Waals surface area contributed by atoms with Gasteiger partial charge in [-0.15, -0.1) is 0 Å². The number of hydrogen-bond donors (Lipinski definition) is 1. The van der Waals surface area contributed by atoms with Crippen LogP contribution in [0.15, 0.2) is 30.6 Å². The second kappa shape index (κ2) is 8.00. The molecule has 0 aliphatic carbocycles. The summed E-state index contributed by atoms with van der Waals surface area (Å²) < 4.78 is 5.12. The predicted molar refractivity (Wildman–Crippen MR) is 92.8 cm³/mol. The van der Waals surface area contributed by atoms with Crippen LogP contribution in [0.25, 0.3) is 11.4 Å². The van der Waals surface area contributed by atoms with Crippen molar-refractivity contribution in [1.82, 2.24) is 19.9 Å². The summed E-state index contributed by atoms with van der Waals surface area (Å²) in [6.07, 6.45) is 3.17. The highest BCUT2D eigenvalue weighted by atomic mass is 16.5. The minimum Gasteiger partial charge on any atom is -0.478 e. The van der Waals surface area contributed by atoms with Crippen molar-refractivity contribution in [1.29, 1.82) is 0 Å². The fourth-order valence-electron chi connectivity index (χ4n) is 2.74. The van der Waals surface area contributed by atoms with Gasteiger partial charge in [0.1, 0.15) is 0 Å². The van der Waals surface area contributed by atoms with Crippen molar-refractivity contribution in [3.63, 3.8) is 0 Å². The number of aromatic carboxylic acids is 1. The first-order chi connectivity index (χ1) is 12.2. The molecule has 2 aromatic rings. The summed E-state index contributed by atoms with van der Waals surface area (Å²) >= 11 is 0. The first-order valence-corrected chi connectivity index (χ1v) is 8.16. The molecule has 8 heteroatoms. The number of carboxylic acid groups (broad SMARTS) is 1. The molecular formula is C17H21N5O3. The van der Waals surface area contributed by atoms with E-state index in [-0.39, 0.29) is 5.56 Å². The molecule has 0 aromatic carbocycles. The lowest BCUT2D eigenvalue weighted by molar-refractivity contribution is 0.0697. The van der Waals surface area contributed by atoms with Crippen LogP contribution in [-0.2, 0) is 4.74 Å². The molecule has 1 fully saturated rings. The molecule has 0 spiro atoms. The van der Waals surface area contributed by atoms with Gasteiger partial charge in [-0.1, -0.05) is 0 Å².